The normalized spacial score (nSPS) is 19.9. The smallest absolute Gasteiger partial charge is 0.148 e. The Kier molecular flexibility index (Phi) is 4.33. The van der Waals surface area contributed by atoms with Crippen LogP contribution in [0.1, 0.15) is 25.3 Å². The van der Waals surface area contributed by atoms with E-state index in [9.17, 15) is 5.11 Å². The van der Waals surface area contributed by atoms with Gasteiger partial charge in [-0.1, -0.05) is 6.92 Å². The number of rotatable bonds is 4. The SMILES string of the molecule is CCc1c(NN)ncnc1N1CCCC(CO)C1. The van der Waals surface area contributed by atoms with Gasteiger partial charge in [0.1, 0.15) is 18.0 Å². The van der Waals surface area contributed by atoms with E-state index in [1.54, 1.807) is 0 Å². The molecule has 0 radical (unpaired) electrons. The molecule has 1 unspecified atom stereocenters. The van der Waals surface area contributed by atoms with E-state index in [0.29, 0.717) is 11.7 Å². The highest BCUT2D eigenvalue weighted by Crippen LogP contribution is 2.27. The maximum Gasteiger partial charge on any atom is 0.148 e. The van der Waals surface area contributed by atoms with Crippen LogP contribution in [0.4, 0.5) is 11.6 Å². The van der Waals surface area contributed by atoms with Crippen molar-refractivity contribution in [2.45, 2.75) is 26.2 Å². The molecule has 6 nitrogen and oxygen atoms in total. The molecule has 0 bridgehead atoms. The van der Waals surface area contributed by atoms with Crippen LogP contribution in [0.2, 0.25) is 0 Å². The van der Waals surface area contributed by atoms with Gasteiger partial charge in [-0.25, -0.2) is 15.8 Å². The molecule has 0 aliphatic carbocycles. The van der Waals surface area contributed by atoms with E-state index < -0.39 is 0 Å². The van der Waals surface area contributed by atoms with Crippen molar-refractivity contribution in [2.75, 3.05) is 30.0 Å². The zero-order valence-electron chi connectivity index (χ0n) is 10.8. The maximum absolute atomic E-state index is 9.29. The van der Waals surface area contributed by atoms with Gasteiger partial charge in [0.2, 0.25) is 0 Å². The first-order valence-corrected chi connectivity index (χ1v) is 6.46. The molecule has 1 atom stereocenters. The molecule has 1 fully saturated rings. The molecule has 1 saturated heterocycles. The molecule has 2 heterocycles. The Morgan fingerprint density at radius 2 is 2.39 bits per heavy atom. The van der Waals surface area contributed by atoms with Gasteiger partial charge in [-0.2, -0.15) is 0 Å². The van der Waals surface area contributed by atoms with Crippen LogP contribution in [-0.4, -0.2) is 34.8 Å². The fourth-order valence-electron chi connectivity index (χ4n) is 2.53. The van der Waals surface area contributed by atoms with Gasteiger partial charge < -0.3 is 15.4 Å². The number of aliphatic hydroxyl groups excluding tert-OH is 1. The first-order chi connectivity index (χ1) is 8.80. The fourth-order valence-corrected chi connectivity index (χ4v) is 2.53. The number of piperidine rings is 1. The molecule has 0 amide bonds. The van der Waals surface area contributed by atoms with Crippen molar-refractivity contribution in [1.82, 2.24) is 9.97 Å². The Hall–Kier alpha value is -1.40. The van der Waals surface area contributed by atoms with Crippen molar-refractivity contribution >= 4 is 11.6 Å². The summed E-state index contributed by atoms with van der Waals surface area (Å²) in [5.41, 5.74) is 3.66. The molecule has 1 aliphatic heterocycles. The second-order valence-electron chi connectivity index (χ2n) is 4.66. The van der Waals surface area contributed by atoms with E-state index in [-0.39, 0.29) is 6.61 Å². The lowest BCUT2D eigenvalue weighted by Gasteiger charge is -2.34. The summed E-state index contributed by atoms with van der Waals surface area (Å²) in [6.45, 7) is 4.14. The molecule has 0 saturated carbocycles. The van der Waals surface area contributed by atoms with E-state index in [2.05, 4.69) is 27.2 Å². The minimum Gasteiger partial charge on any atom is -0.396 e. The number of hydrazine groups is 1. The van der Waals surface area contributed by atoms with Crippen molar-refractivity contribution in [2.24, 2.45) is 11.8 Å². The minimum atomic E-state index is 0.241. The fraction of sp³-hybridized carbons (Fsp3) is 0.667. The number of aromatic nitrogens is 2. The molecule has 0 spiro atoms. The molecule has 4 N–H and O–H groups in total. The number of nitrogen functional groups attached to an aromatic ring is 1. The van der Waals surface area contributed by atoms with E-state index >= 15 is 0 Å². The Morgan fingerprint density at radius 1 is 1.56 bits per heavy atom. The third-order valence-corrected chi connectivity index (χ3v) is 3.49. The third-order valence-electron chi connectivity index (χ3n) is 3.49. The molecular formula is C12H21N5O. The van der Waals surface area contributed by atoms with E-state index in [0.717, 1.165) is 43.7 Å². The lowest BCUT2D eigenvalue weighted by molar-refractivity contribution is 0.208. The summed E-state index contributed by atoms with van der Waals surface area (Å²) < 4.78 is 0. The first-order valence-electron chi connectivity index (χ1n) is 6.46. The number of nitrogens with two attached hydrogens (primary N) is 1. The van der Waals surface area contributed by atoms with Crippen LogP contribution in [0, 0.1) is 5.92 Å². The monoisotopic (exact) mass is 251 g/mol. The topological polar surface area (TPSA) is 87.3 Å². The van der Waals surface area contributed by atoms with Crippen LogP contribution in [-0.2, 0) is 6.42 Å². The Morgan fingerprint density at radius 3 is 3.06 bits per heavy atom. The quantitative estimate of drug-likeness (QED) is 0.534. The molecule has 6 heteroatoms. The van der Waals surface area contributed by atoms with Crippen LogP contribution in [0.25, 0.3) is 0 Å². The Labute approximate surface area is 107 Å². The van der Waals surface area contributed by atoms with Crippen LogP contribution in [0.5, 0.6) is 0 Å². The molecule has 2 rings (SSSR count). The zero-order chi connectivity index (χ0) is 13.0. The van der Waals surface area contributed by atoms with Gasteiger partial charge in [-0.3, -0.25) is 0 Å². The maximum atomic E-state index is 9.29. The molecule has 1 aromatic rings. The van der Waals surface area contributed by atoms with Crippen LogP contribution in [0.3, 0.4) is 0 Å². The van der Waals surface area contributed by atoms with Gasteiger partial charge in [0.25, 0.3) is 0 Å². The highest BCUT2D eigenvalue weighted by Gasteiger charge is 2.23. The van der Waals surface area contributed by atoms with Gasteiger partial charge >= 0.3 is 0 Å². The van der Waals surface area contributed by atoms with Gasteiger partial charge in [0, 0.05) is 25.3 Å². The average molecular weight is 251 g/mol. The van der Waals surface area contributed by atoms with E-state index in [1.165, 1.54) is 6.33 Å². The van der Waals surface area contributed by atoms with Crippen molar-refractivity contribution < 1.29 is 5.11 Å². The lowest BCUT2D eigenvalue weighted by Crippen LogP contribution is -2.38. The second kappa shape index (κ2) is 5.97. The van der Waals surface area contributed by atoms with Crippen molar-refractivity contribution in [3.63, 3.8) is 0 Å². The highest BCUT2D eigenvalue weighted by atomic mass is 16.3. The Balaban J connectivity index is 2.26. The van der Waals surface area contributed by atoms with Gasteiger partial charge in [0.05, 0.1) is 0 Å². The minimum absolute atomic E-state index is 0.241. The van der Waals surface area contributed by atoms with Gasteiger partial charge in [0.15, 0.2) is 0 Å². The molecule has 1 aromatic heterocycles. The van der Waals surface area contributed by atoms with Crippen LogP contribution in [0.15, 0.2) is 6.33 Å². The summed E-state index contributed by atoms with van der Waals surface area (Å²) in [5.74, 6) is 7.45. The number of anilines is 2. The highest BCUT2D eigenvalue weighted by molar-refractivity contribution is 5.58. The zero-order valence-corrected chi connectivity index (χ0v) is 10.8. The number of aliphatic hydroxyl groups is 1. The summed E-state index contributed by atoms with van der Waals surface area (Å²) in [7, 11) is 0. The van der Waals surface area contributed by atoms with Crippen LogP contribution >= 0.6 is 0 Å². The number of hydrogen-bond donors (Lipinski definition) is 3. The summed E-state index contributed by atoms with van der Waals surface area (Å²) >= 11 is 0. The predicted octanol–water partition coefficient (Wildman–Crippen LogP) is 0.533. The number of nitrogens with one attached hydrogen (secondary N) is 1. The summed E-state index contributed by atoms with van der Waals surface area (Å²) in [5, 5.41) is 9.29. The largest absolute Gasteiger partial charge is 0.396 e. The van der Waals surface area contributed by atoms with E-state index in [1.807, 2.05) is 0 Å². The molecule has 100 valence electrons. The second-order valence-corrected chi connectivity index (χ2v) is 4.66. The van der Waals surface area contributed by atoms with Gasteiger partial charge in [-0.15, -0.1) is 0 Å². The van der Waals surface area contributed by atoms with Crippen molar-refractivity contribution in [3.8, 4) is 0 Å². The summed E-state index contributed by atoms with van der Waals surface area (Å²) in [6.07, 6.45) is 4.54. The lowest BCUT2D eigenvalue weighted by atomic mass is 9.98. The molecule has 0 aromatic carbocycles. The Bertz CT molecular complexity index is 398. The number of nitrogens with zero attached hydrogens (tertiary/aromatic N) is 3. The summed E-state index contributed by atoms with van der Waals surface area (Å²) in [4.78, 5) is 10.8. The summed E-state index contributed by atoms with van der Waals surface area (Å²) in [6, 6.07) is 0. The number of hydrogen-bond acceptors (Lipinski definition) is 6. The first kappa shape index (κ1) is 13.0. The molecule has 18 heavy (non-hydrogen) atoms. The van der Waals surface area contributed by atoms with Gasteiger partial charge in [-0.05, 0) is 25.2 Å². The van der Waals surface area contributed by atoms with Crippen LogP contribution < -0.4 is 16.2 Å². The van der Waals surface area contributed by atoms with Crippen molar-refractivity contribution in [3.05, 3.63) is 11.9 Å². The molecule has 1 aliphatic rings. The standard InChI is InChI=1S/C12H21N5O/c1-2-10-11(16-13)14-8-15-12(10)17-5-3-4-9(6-17)7-18/h8-9,18H,2-7,13H2,1H3,(H,14,15,16). The van der Waals surface area contributed by atoms with E-state index in [4.69, 9.17) is 5.84 Å². The average Bonchev–Trinajstić information content (AvgIpc) is 2.46. The third kappa shape index (κ3) is 2.54. The predicted molar refractivity (Wildman–Crippen MR) is 71.2 cm³/mol. The van der Waals surface area contributed by atoms with Crippen molar-refractivity contribution in [1.29, 1.82) is 0 Å². The molecular weight excluding hydrogens is 230 g/mol.